The number of carbonyl (C=O) groups is 1. The Kier molecular flexibility index (Phi) is 5.01. The van der Waals surface area contributed by atoms with E-state index in [1.807, 2.05) is 19.9 Å². The molecule has 10 heteroatoms. The van der Waals surface area contributed by atoms with Crippen molar-refractivity contribution in [3.8, 4) is 0 Å². The van der Waals surface area contributed by atoms with Crippen LogP contribution in [-0.4, -0.2) is 21.0 Å². The Morgan fingerprint density at radius 1 is 1.15 bits per heavy atom. The Labute approximate surface area is 191 Å². The van der Waals surface area contributed by atoms with E-state index in [2.05, 4.69) is 10.2 Å². The van der Waals surface area contributed by atoms with Crippen LogP contribution < -0.4 is 10.3 Å². The van der Waals surface area contributed by atoms with Crippen LogP contribution in [0.2, 0.25) is 0 Å². The summed E-state index contributed by atoms with van der Waals surface area (Å²) in [6.07, 6.45) is 1.59. The smallest absolute Gasteiger partial charge is 0.297 e. The summed E-state index contributed by atoms with van der Waals surface area (Å²) in [5.74, 6) is -0.543. The van der Waals surface area contributed by atoms with Gasteiger partial charge in [0.2, 0.25) is 10.9 Å². The Hall–Kier alpha value is -3.92. The number of amides is 1. The second-order valence-electron chi connectivity index (χ2n) is 7.83. The van der Waals surface area contributed by atoms with Crippen LogP contribution in [0, 0.1) is 17.0 Å². The minimum atomic E-state index is -0.836. The van der Waals surface area contributed by atoms with E-state index >= 15 is 0 Å². The molecule has 3 heterocycles. The van der Waals surface area contributed by atoms with E-state index < -0.39 is 16.9 Å². The molecule has 33 heavy (non-hydrogen) atoms. The van der Waals surface area contributed by atoms with E-state index in [0.717, 1.165) is 23.4 Å². The van der Waals surface area contributed by atoms with E-state index in [9.17, 15) is 19.7 Å². The molecule has 2 aromatic carbocycles. The molecular weight excluding hydrogens is 444 g/mol. The summed E-state index contributed by atoms with van der Waals surface area (Å²) in [5, 5.41) is 21.0. The zero-order valence-corrected chi connectivity index (χ0v) is 18.6. The van der Waals surface area contributed by atoms with Crippen LogP contribution in [-0.2, 0) is 6.42 Å². The quantitative estimate of drug-likeness (QED) is 0.315. The molecule has 0 saturated heterocycles. The van der Waals surface area contributed by atoms with Crippen LogP contribution in [0.3, 0.4) is 0 Å². The van der Waals surface area contributed by atoms with Gasteiger partial charge in [0.15, 0.2) is 5.43 Å². The third-order valence-corrected chi connectivity index (χ3v) is 6.55. The number of carbonyl (C=O) groups excluding carboxylic acids is 1. The van der Waals surface area contributed by atoms with Crippen molar-refractivity contribution in [3.05, 3.63) is 90.3 Å². The fourth-order valence-corrected chi connectivity index (χ4v) is 5.00. The van der Waals surface area contributed by atoms with Crippen molar-refractivity contribution in [3.63, 3.8) is 0 Å². The molecule has 0 fully saturated rings. The van der Waals surface area contributed by atoms with E-state index in [4.69, 9.17) is 4.42 Å². The van der Waals surface area contributed by atoms with Crippen molar-refractivity contribution < 1.29 is 14.1 Å². The normalized spacial score (nSPS) is 15.3. The molecule has 4 aromatic rings. The van der Waals surface area contributed by atoms with Crippen molar-refractivity contribution in [2.75, 3.05) is 4.90 Å². The molecule has 0 spiro atoms. The van der Waals surface area contributed by atoms with Crippen LogP contribution in [0.4, 0.5) is 10.8 Å². The third-order valence-electron chi connectivity index (χ3n) is 5.57. The van der Waals surface area contributed by atoms with Gasteiger partial charge in [0, 0.05) is 18.6 Å². The molecule has 0 N–H and O–H groups in total. The molecule has 1 aliphatic rings. The Morgan fingerprint density at radius 3 is 2.61 bits per heavy atom. The Morgan fingerprint density at radius 2 is 1.91 bits per heavy atom. The zero-order chi connectivity index (χ0) is 23.3. The number of fused-ring (bicyclic) bond motifs is 2. The molecule has 1 atom stereocenters. The van der Waals surface area contributed by atoms with Gasteiger partial charge in [-0.15, -0.1) is 10.2 Å². The lowest BCUT2D eigenvalue weighted by atomic mass is 9.98. The molecule has 9 nitrogen and oxygen atoms in total. The first-order valence-corrected chi connectivity index (χ1v) is 11.2. The van der Waals surface area contributed by atoms with Gasteiger partial charge in [0.05, 0.1) is 21.9 Å². The van der Waals surface area contributed by atoms with E-state index in [0.29, 0.717) is 21.7 Å². The van der Waals surface area contributed by atoms with Crippen LogP contribution in [0.25, 0.3) is 11.0 Å². The second-order valence-corrected chi connectivity index (χ2v) is 8.87. The summed E-state index contributed by atoms with van der Waals surface area (Å²) in [7, 11) is 0. The zero-order valence-electron chi connectivity index (χ0n) is 17.8. The van der Waals surface area contributed by atoms with Gasteiger partial charge >= 0.3 is 0 Å². The second kappa shape index (κ2) is 7.89. The van der Waals surface area contributed by atoms with Gasteiger partial charge < -0.3 is 4.42 Å². The number of nitrogens with zero attached hydrogens (tertiary/aromatic N) is 4. The van der Waals surface area contributed by atoms with Gasteiger partial charge in [-0.3, -0.25) is 24.6 Å². The predicted octanol–water partition coefficient (Wildman–Crippen LogP) is 4.56. The molecule has 0 bridgehead atoms. The SMILES string of the molecule is CCCc1nnc(N2C(=O)c3oc4ccc(C)cc4c(=O)c3C2c2ccc([N+](=O)[O-])cc2)s1. The third kappa shape index (κ3) is 3.39. The maximum absolute atomic E-state index is 13.6. The van der Waals surface area contributed by atoms with Gasteiger partial charge in [-0.05, 0) is 43.2 Å². The average molecular weight is 462 g/mol. The largest absolute Gasteiger partial charge is 0.450 e. The fourth-order valence-electron chi connectivity index (χ4n) is 4.03. The number of aryl methyl sites for hydroxylation is 2. The summed E-state index contributed by atoms with van der Waals surface area (Å²) in [4.78, 5) is 39.1. The van der Waals surface area contributed by atoms with E-state index in [-0.39, 0.29) is 22.4 Å². The molecule has 166 valence electrons. The maximum atomic E-state index is 13.6. The first-order valence-electron chi connectivity index (χ1n) is 10.4. The molecule has 0 radical (unpaired) electrons. The average Bonchev–Trinajstić information content (AvgIpc) is 3.37. The van der Waals surface area contributed by atoms with E-state index in [1.54, 1.807) is 24.3 Å². The number of anilines is 1. The topological polar surface area (TPSA) is 119 Å². The lowest BCUT2D eigenvalue weighted by molar-refractivity contribution is -0.384. The first kappa shape index (κ1) is 21.0. The highest BCUT2D eigenvalue weighted by atomic mass is 32.1. The molecular formula is C23H18N4O5S. The van der Waals surface area contributed by atoms with Gasteiger partial charge in [-0.25, -0.2) is 0 Å². The van der Waals surface area contributed by atoms with Crippen molar-refractivity contribution >= 4 is 39.0 Å². The Bertz CT molecular complexity index is 1470. The number of nitro benzene ring substituents is 1. The van der Waals surface area contributed by atoms with Gasteiger partial charge in [0.25, 0.3) is 11.6 Å². The fraction of sp³-hybridized carbons (Fsp3) is 0.217. The standard InChI is InChI=1S/C23H18N4O5S/c1-3-4-17-24-25-23(33-17)26-19(13-6-8-14(9-7-13)27(30)31)18-20(28)15-11-12(2)5-10-16(15)32-21(18)22(26)29/h5-11,19H,3-4H2,1-2H3. The maximum Gasteiger partial charge on any atom is 0.297 e. The van der Waals surface area contributed by atoms with Crippen LogP contribution in [0.1, 0.15) is 51.6 Å². The number of aromatic nitrogens is 2. The number of non-ortho nitro benzene ring substituents is 1. The number of benzene rings is 2. The van der Waals surface area contributed by atoms with Gasteiger partial charge in [0.1, 0.15) is 10.6 Å². The van der Waals surface area contributed by atoms with Gasteiger partial charge in [-0.2, -0.15) is 0 Å². The first-order chi connectivity index (χ1) is 15.9. The summed E-state index contributed by atoms with van der Waals surface area (Å²) < 4.78 is 5.93. The highest BCUT2D eigenvalue weighted by molar-refractivity contribution is 7.15. The van der Waals surface area contributed by atoms with Crippen molar-refractivity contribution in [1.29, 1.82) is 0 Å². The lowest BCUT2D eigenvalue weighted by Gasteiger charge is -2.21. The molecule has 0 saturated carbocycles. The number of rotatable bonds is 5. The highest BCUT2D eigenvalue weighted by Crippen LogP contribution is 2.42. The monoisotopic (exact) mass is 462 g/mol. The van der Waals surface area contributed by atoms with E-state index in [1.165, 1.54) is 28.4 Å². The highest BCUT2D eigenvalue weighted by Gasteiger charge is 2.45. The molecule has 2 aromatic heterocycles. The van der Waals surface area contributed by atoms with Crippen LogP contribution in [0.5, 0.6) is 0 Å². The van der Waals surface area contributed by atoms with Gasteiger partial charge in [-0.1, -0.05) is 29.9 Å². The summed E-state index contributed by atoms with van der Waals surface area (Å²) in [5.41, 5.74) is 1.55. The summed E-state index contributed by atoms with van der Waals surface area (Å²) in [6.45, 7) is 3.89. The molecule has 1 amide bonds. The number of hydrogen-bond acceptors (Lipinski definition) is 8. The lowest BCUT2D eigenvalue weighted by Crippen LogP contribution is -2.29. The molecule has 1 aliphatic heterocycles. The summed E-state index contributed by atoms with van der Waals surface area (Å²) in [6, 6.07) is 10.2. The molecule has 0 aliphatic carbocycles. The Balaban J connectivity index is 1.75. The number of nitro groups is 1. The minimum Gasteiger partial charge on any atom is -0.450 e. The van der Waals surface area contributed by atoms with Crippen molar-refractivity contribution in [1.82, 2.24) is 10.2 Å². The van der Waals surface area contributed by atoms with Crippen molar-refractivity contribution in [2.24, 2.45) is 0 Å². The van der Waals surface area contributed by atoms with Crippen LogP contribution >= 0.6 is 11.3 Å². The molecule has 1 unspecified atom stereocenters. The minimum absolute atomic E-state index is 0.0491. The number of hydrogen-bond donors (Lipinski definition) is 0. The predicted molar refractivity (Wildman–Crippen MR) is 123 cm³/mol. The summed E-state index contributed by atoms with van der Waals surface area (Å²) >= 11 is 1.28. The van der Waals surface area contributed by atoms with Crippen molar-refractivity contribution in [2.45, 2.75) is 32.7 Å². The molecule has 5 rings (SSSR count). The van der Waals surface area contributed by atoms with Crippen LogP contribution in [0.15, 0.2) is 51.7 Å².